The maximum atomic E-state index is 9.47. The highest BCUT2D eigenvalue weighted by molar-refractivity contribution is 6.30. The third-order valence-electron chi connectivity index (χ3n) is 3.53. The van der Waals surface area contributed by atoms with Gasteiger partial charge in [-0.2, -0.15) is 0 Å². The van der Waals surface area contributed by atoms with E-state index in [0.29, 0.717) is 12.1 Å². The van der Waals surface area contributed by atoms with Crippen LogP contribution in [0.4, 0.5) is 0 Å². The lowest BCUT2D eigenvalue weighted by Gasteiger charge is -2.29. The molecule has 2 rings (SSSR count). The second-order valence-electron chi connectivity index (χ2n) is 4.95. The first-order valence-corrected chi connectivity index (χ1v) is 6.72. The predicted octanol–water partition coefficient (Wildman–Crippen LogP) is 3.29. The lowest BCUT2D eigenvalue weighted by molar-refractivity contribution is 0.114. The summed E-state index contributed by atoms with van der Waals surface area (Å²) in [5.41, 5.74) is 1.23. The van der Waals surface area contributed by atoms with Crippen LogP contribution < -0.4 is 5.32 Å². The highest BCUT2D eigenvalue weighted by atomic mass is 35.5. The Kier molecular flexibility index (Phi) is 4.43. The number of nitrogens with one attached hydrogen (secondary N) is 1. The molecule has 2 nitrogen and oxygen atoms in total. The molecule has 0 aromatic heterocycles. The minimum absolute atomic E-state index is 0.0884. The van der Waals surface area contributed by atoms with Gasteiger partial charge in [-0.05, 0) is 50.3 Å². The van der Waals surface area contributed by atoms with E-state index in [2.05, 4.69) is 18.3 Å². The molecule has 1 aromatic carbocycles. The first kappa shape index (κ1) is 12.9. The molecular formula is C14H20ClNO. The van der Waals surface area contributed by atoms with Gasteiger partial charge < -0.3 is 10.4 Å². The summed E-state index contributed by atoms with van der Waals surface area (Å²) < 4.78 is 0. The molecular weight excluding hydrogens is 234 g/mol. The van der Waals surface area contributed by atoms with E-state index in [9.17, 15) is 5.11 Å². The average molecular weight is 254 g/mol. The molecule has 17 heavy (non-hydrogen) atoms. The van der Waals surface area contributed by atoms with E-state index in [1.165, 1.54) is 5.56 Å². The van der Waals surface area contributed by atoms with E-state index in [1.807, 2.05) is 18.2 Å². The van der Waals surface area contributed by atoms with Gasteiger partial charge in [0.15, 0.2) is 0 Å². The Morgan fingerprint density at radius 1 is 1.29 bits per heavy atom. The van der Waals surface area contributed by atoms with E-state index >= 15 is 0 Å². The lowest BCUT2D eigenvalue weighted by Crippen LogP contribution is -2.36. The molecule has 2 N–H and O–H groups in total. The minimum atomic E-state index is -0.0884. The Morgan fingerprint density at radius 2 is 2.00 bits per heavy atom. The van der Waals surface area contributed by atoms with Crippen LogP contribution in [0.3, 0.4) is 0 Å². The molecule has 1 aromatic rings. The smallest absolute Gasteiger partial charge is 0.0541 e. The van der Waals surface area contributed by atoms with Crippen LogP contribution in [0.1, 0.15) is 44.2 Å². The fraction of sp³-hybridized carbons (Fsp3) is 0.571. The fourth-order valence-electron chi connectivity index (χ4n) is 2.47. The summed E-state index contributed by atoms with van der Waals surface area (Å²) >= 11 is 5.99. The minimum Gasteiger partial charge on any atom is -0.393 e. The van der Waals surface area contributed by atoms with Gasteiger partial charge in [0.2, 0.25) is 0 Å². The van der Waals surface area contributed by atoms with Crippen LogP contribution in [0.25, 0.3) is 0 Å². The van der Waals surface area contributed by atoms with Gasteiger partial charge in [0, 0.05) is 17.1 Å². The highest BCUT2D eigenvalue weighted by Gasteiger charge is 2.20. The molecule has 0 heterocycles. The summed E-state index contributed by atoms with van der Waals surface area (Å²) in [6.07, 6.45) is 3.87. The Hall–Kier alpha value is -0.570. The van der Waals surface area contributed by atoms with Gasteiger partial charge in [0.25, 0.3) is 0 Å². The van der Waals surface area contributed by atoms with Crippen LogP contribution in [0.5, 0.6) is 0 Å². The Morgan fingerprint density at radius 3 is 2.65 bits per heavy atom. The number of rotatable bonds is 3. The summed E-state index contributed by atoms with van der Waals surface area (Å²) in [7, 11) is 0. The number of benzene rings is 1. The Balaban J connectivity index is 1.90. The Bertz CT molecular complexity index is 361. The van der Waals surface area contributed by atoms with Crippen LogP contribution in [0.2, 0.25) is 5.02 Å². The molecule has 1 saturated carbocycles. The highest BCUT2D eigenvalue weighted by Crippen LogP contribution is 2.23. The van der Waals surface area contributed by atoms with Gasteiger partial charge in [0.05, 0.1) is 6.10 Å². The summed E-state index contributed by atoms with van der Waals surface area (Å²) in [5.74, 6) is 0. The van der Waals surface area contributed by atoms with Crippen molar-refractivity contribution in [2.75, 3.05) is 0 Å². The van der Waals surface area contributed by atoms with E-state index in [0.717, 1.165) is 30.7 Å². The lowest BCUT2D eigenvalue weighted by atomic mass is 9.92. The van der Waals surface area contributed by atoms with Crippen molar-refractivity contribution in [3.05, 3.63) is 34.9 Å². The molecule has 3 heteroatoms. The molecule has 0 bridgehead atoms. The van der Waals surface area contributed by atoms with E-state index in [1.54, 1.807) is 0 Å². The third-order valence-corrected chi connectivity index (χ3v) is 3.77. The van der Waals surface area contributed by atoms with Crippen LogP contribution in [-0.4, -0.2) is 17.3 Å². The van der Waals surface area contributed by atoms with Crippen LogP contribution >= 0.6 is 11.6 Å². The maximum absolute atomic E-state index is 9.47. The van der Waals surface area contributed by atoms with Crippen molar-refractivity contribution in [1.82, 2.24) is 5.32 Å². The molecule has 1 fully saturated rings. The third kappa shape index (κ3) is 3.70. The van der Waals surface area contributed by atoms with Gasteiger partial charge in [0.1, 0.15) is 0 Å². The van der Waals surface area contributed by atoms with Gasteiger partial charge >= 0.3 is 0 Å². The zero-order valence-corrected chi connectivity index (χ0v) is 11.0. The van der Waals surface area contributed by atoms with Gasteiger partial charge in [-0.15, -0.1) is 0 Å². The molecule has 1 unspecified atom stereocenters. The second-order valence-corrected chi connectivity index (χ2v) is 5.39. The van der Waals surface area contributed by atoms with Gasteiger partial charge in [-0.1, -0.05) is 23.7 Å². The molecule has 0 saturated heterocycles. The topological polar surface area (TPSA) is 32.3 Å². The zero-order valence-electron chi connectivity index (χ0n) is 10.2. The van der Waals surface area contributed by atoms with Crippen LogP contribution in [0.15, 0.2) is 24.3 Å². The molecule has 1 atom stereocenters. The standard InChI is InChI=1S/C14H20ClNO/c1-10(11-3-2-4-12(15)9-11)16-13-5-7-14(17)8-6-13/h2-4,9-10,13-14,16-17H,5-8H2,1H3. The van der Waals surface area contributed by atoms with Crippen molar-refractivity contribution in [2.45, 2.75) is 50.8 Å². The van der Waals surface area contributed by atoms with Crippen molar-refractivity contribution < 1.29 is 5.11 Å². The summed E-state index contributed by atoms with van der Waals surface area (Å²) in [4.78, 5) is 0. The summed E-state index contributed by atoms with van der Waals surface area (Å²) in [6.45, 7) is 2.16. The van der Waals surface area contributed by atoms with Crippen molar-refractivity contribution in [1.29, 1.82) is 0 Å². The van der Waals surface area contributed by atoms with Crippen molar-refractivity contribution in [3.8, 4) is 0 Å². The van der Waals surface area contributed by atoms with Gasteiger partial charge in [-0.3, -0.25) is 0 Å². The normalized spacial score (nSPS) is 26.8. The SMILES string of the molecule is CC(NC1CCC(O)CC1)c1cccc(Cl)c1. The molecule has 0 aliphatic heterocycles. The first-order chi connectivity index (χ1) is 8.15. The van der Waals surface area contributed by atoms with Crippen molar-refractivity contribution >= 4 is 11.6 Å². The number of aliphatic hydroxyl groups excluding tert-OH is 1. The first-order valence-electron chi connectivity index (χ1n) is 6.34. The fourth-order valence-corrected chi connectivity index (χ4v) is 2.67. The maximum Gasteiger partial charge on any atom is 0.0541 e. The number of aliphatic hydroxyl groups is 1. The van der Waals surface area contributed by atoms with E-state index < -0.39 is 0 Å². The molecule has 1 aliphatic carbocycles. The number of halogens is 1. The van der Waals surface area contributed by atoms with Crippen molar-refractivity contribution in [3.63, 3.8) is 0 Å². The predicted molar refractivity (Wildman–Crippen MR) is 71.3 cm³/mol. The number of hydrogen-bond acceptors (Lipinski definition) is 2. The second kappa shape index (κ2) is 5.85. The average Bonchev–Trinajstić information content (AvgIpc) is 2.32. The monoisotopic (exact) mass is 253 g/mol. The van der Waals surface area contributed by atoms with Gasteiger partial charge in [-0.25, -0.2) is 0 Å². The van der Waals surface area contributed by atoms with Crippen molar-refractivity contribution in [2.24, 2.45) is 0 Å². The quantitative estimate of drug-likeness (QED) is 0.867. The van der Waals surface area contributed by atoms with Crippen LogP contribution in [-0.2, 0) is 0 Å². The summed E-state index contributed by atoms with van der Waals surface area (Å²) in [5, 5.41) is 13.9. The van der Waals surface area contributed by atoms with E-state index in [-0.39, 0.29) is 6.10 Å². The molecule has 0 spiro atoms. The largest absolute Gasteiger partial charge is 0.393 e. The zero-order chi connectivity index (χ0) is 12.3. The Labute approximate surface area is 108 Å². The number of hydrogen-bond donors (Lipinski definition) is 2. The van der Waals surface area contributed by atoms with E-state index in [4.69, 9.17) is 11.6 Å². The van der Waals surface area contributed by atoms with Crippen LogP contribution in [0, 0.1) is 0 Å². The molecule has 94 valence electrons. The molecule has 0 amide bonds. The molecule has 0 radical (unpaired) electrons. The summed E-state index contributed by atoms with van der Waals surface area (Å²) in [6, 6.07) is 8.83. The molecule has 1 aliphatic rings.